The topological polar surface area (TPSA) is 122 Å². The summed E-state index contributed by atoms with van der Waals surface area (Å²) < 4.78 is 0. The lowest BCUT2D eigenvalue weighted by molar-refractivity contribution is -0.114. The number of benzene rings is 1. The van der Waals surface area contributed by atoms with E-state index in [-0.39, 0.29) is 5.57 Å². The van der Waals surface area contributed by atoms with E-state index >= 15 is 0 Å². The Bertz CT molecular complexity index is 944. The minimum atomic E-state index is -0.737. The van der Waals surface area contributed by atoms with Crippen LogP contribution in [0.25, 0.3) is 28.1 Å². The number of nitriles is 1. The summed E-state index contributed by atoms with van der Waals surface area (Å²) in [5, 5.41) is 18.6. The molecule has 3 aromatic rings. The van der Waals surface area contributed by atoms with Crippen LogP contribution in [0.5, 0.6) is 0 Å². The number of nitrogens with zero attached hydrogens (tertiary/aromatic N) is 2. The quantitative estimate of drug-likeness (QED) is 0.507. The second-order valence-electron chi connectivity index (χ2n) is 4.61. The van der Waals surface area contributed by atoms with Gasteiger partial charge in [-0.15, -0.1) is 11.3 Å². The molecule has 0 aliphatic heterocycles. The van der Waals surface area contributed by atoms with Gasteiger partial charge in [0.25, 0.3) is 5.91 Å². The van der Waals surface area contributed by atoms with E-state index in [4.69, 9.17) is 16.7 Å². The molecule has 0 radical (unpaired) electrons. The Morgan fingerprint density at radius 2 is 2.27 bits per heavy atom. The average molecular weight is 309 g/mol. The van der Waals surface area contributed by atoms with Crippen molar-refractivity contribution in [3.05, 3.63) is 40.1 Å². The standard InChI is InChI=1S/C15H11N5OS/c16-6-8(15(18)21)4-10-5-9(7-22-10)11-2-1-3-12-13(11)14(17)20-19-12/h1-5,7H,(H2,18,21)(H3,17,19,20)/b8-4+. The van der Waals surface area contributed by atoms with Crippen LogP contribution in [0, 0.1) is 11.3 Å². The Balaban J connectivity index is 2.09. The fourth-order valence-electron chi connectivity index (χ4n) is 2.21. The third-order valence-corrected chi connectivity index (χ3v) is 4.10. The van der Waals surface area contributed by atoms with Gasteiger partial charge in [0.2, 0.25) is 0 Å². The molecule has 0 unspecified atom stereocenters. The molecule has 0 bridgehead atoms. The van der Waals surface area contributed by atoms with E-state index in [2.05, 4.69) is 10.2 Å². The molecule has 1 amide bonds. The number of hydrogen-bond donors (Lipinski definition) is 3. The molecule has 3 rings (SSSR count). The molecule has 22 heavy (non-hydrogen) atoms. The number of carbonyl (C=O) groups excluding carboxylic acids is 1. The van der Waals surface area contributed by atoms with Gasteiger partial charge in [-0.05, 0) is 34.7 Å². The number of anilines is 1. The molecule has 5 N–H and O–H groups in total. The van der Waals surface area contributed by atoms with Gasteiger partial charge in [-0.3, -0.25) is 9.89 Å². The molecule has 0 aliphatic carbocycles. The van der Waals surface area contributed by atoms with Crippen LogP contribution in [0.15, 0.2) is 35.2 Å². The molecular formula is C15H11N5OS. The molecule has 0 aliphatic rings. The Kier molecular flexibility index (Phi) is 3.37. The summed E-state index contributed by atoms with van der Waals surface area (Å²) in [5.41, 5.74) is 13.7. The van der Waals surface area contributed by atoms with E-state index < -0.39 is 5.91 Å². The number of aromatic amines is 1. The van der Waals surface area contributed by atoms with Gasteiger partial charge in [0.05, 0.1) is 10.9 Å². The van der Waals surface area contributed by atoms with Crippen molar-refractivity contribution in [3.63, 3.8) is 0 Å². The van der Waals surface area contributed by atoms with Crippen molar-refractivity contribution < 1.29 is 4.79 Å². The number of nitrogen functional groups attached to an aromatic ring is 1. The molecule has 2 aromatic heterocycles. The number of nitrogens with two attached hydrogens (primary N) is 2. The molecule has 0 atom stereocenters. The van der Waals surface area contributed by atoms with Crippen LogP contribution < -0.4 is 11.5 Å². The van der Waals surface area contributed by atoms with Crippen LogP contribution >= 0.6 is 11.3 Å². The first-order chi connectivity index (χ1) is 10.6. The predicted molar refractivity (Wildman–Crippen MR) is 86.6 cm³/mol. The maximum absolute atomic E-state index is 11.1. The highest BCUT2D eigenvalue weighted by molar-refractivity contribution is 7.11. The number of primary amides is 1. The van der Waals surface area contributed by atoms with Gasteiger partial charge in [0.15, 0.2) is 5.82 Å². The Morgan fingerprint density at radius 1 is 1.45 bits per heavy atom. The van der Waals surface area contributed by atoms with Crippen LogP contribution in [0.2, 0.25) is 0 Å². The monoisotopic (exact) mass is 309 g/mol. The van der Waals surface area contributed by atoms with Crippen molar-refractivity contribution in [2.75, 3.05) is 5.73 Å². The fraction of sp³-hybridized carbons (Fsp3) is 0. The van der Waals surface area contributed by atoms with Gasteiger partial charge >= 0.3 is 0 Å². The molecule has 0 spiro atoms. The fourth-order valence-corrected chi connectivity index (χ4v) is 3.05. The van der Waals surface area contributed by atoms with Crippen molar-refractivity contribution >= 4 is 40.0 Å². The van der Waals surface area contributed by atoms with Crippen LogP contribution in [-0.4, -0.2) is 16.1 Å². The summed E-state index contributed by atoms with van der Waals surface area (Å²) in [6.07, 6.45) is 1.48. The SMILES string of the molecule is N#C/C(=C\c1cc(-c2cccc3[nH]nc(N)c23)cs1)C(N)=O. The number of aromatic nitrogens is 2. The van der Waals surface area contributed by atoms with E-state index in [1.807, 2.05) is 29.6 Å². The van der Waals surface area contributed by atoms with Crippen LogP contribution in [-0.2, 0) is 4.79 Å². The molecule has 0 saturated carbocycles. The van der Waals surface area contributed by atoms with Crippen molar-refractivity contribution in [3.8, 4) is 17.2 Å². The molecule has 0 saturated heterocycles. The number of nitrogens with one attached hydrogen (secondary N) is 1. The maximum Gasteiger partial charge on any atom is 0.259 e. The summed E-state index contributed by atoms with van der Waals surface area (Å²) in [7, 11) is 0. The Morgan fingerprint density at radius 3 is 3.00 bits per heavy atom. The summed E-state index contributed by atoms with van der Waals surface area (Å²) in [6.45, 7) is 0. The normalized spacial score (nSPS) is 11.5. The molecule has 1 aromatic carbocycles. The summed E-state index contributed by atoms with van der Waals surface area (Å²) in [6, 6.07) is 9.43. The van der Waals surface area contributed by atoms with Crippen molar-refractivity contribution in [2.24, 2.45) is 5.73 Å². The zero-order valence-electron chi connectivity index (χ0n) is 11.3. The molecule has 2 heterocycles. The van der Waals surface area contributed by atoms with E-state index in [0.717, 1.165) is 26.9 Å². The Labute approximate surface area is 129 Å². The van der Waals surface area contributed by atoms with Gasteiger partial charge in [-0.25, -0.2) is 0 Å². The van der Waals surface area contributed by atoms with Gasteiger partial charge in [-0.1, -0.05) is 12.1 Å². The van der Waals surface area contributed by atoms with Crippen LogP contribution in [0.3, 0.4) is 0 Å². The lowest BCUT2D eigenvalue weighted by Gasteiger charge is -2.00. The highest BCUT2D eigenvalue weighted by atomic mass is 32.1. The minimum Gasteiger partial charge on any atom is -0.382 e. The van der Waals surface area contributed by atoms with Gasteiger partial charge in [0, 0.05) is 4.88 Å². The first-order valence-electron chi connectivity index (χ1n) is 6.33. The number of carbonyl (C=O) groups is 1. The largest absolute Gasteiger partial charge is 0.382 e. The van der Waals surface area contributed by atoms with Gasteiger partial charge in [0.1, 0.15) is 11.6 Å². The molecule has 6 nitrogen and oxygen atoms in total. The predicted octanol–water partition coefficient (Wildman–Crippen LogP) is 2.27. The summed E-state index contributed by atoms with van der Waals surface area (Å²) in [5.74, 6) is -0.303. The number of H-pyrrole nitrogens is 1. The lowest BCUT2D eigenvalue weighted by Crippen LogP contribution is -2.12. The number of hydrogen-bond acceptors (Lipinski definition) is 5. The number of amides is 1. The Hall–Kier alpha value is -3.11. The van der Waals surface area contributed by atoms with Crippen LogP contribution in [0.4, 0.5) is 5.82 Å². The highest BCUT2D eigenvalue weighted by Crippen LogP contribution is 2.34. The van der Waals surface area contributed by atoms with Crippen molar-refractivity contribution in [1.29, 1.82) is 5.26 Å². The molecular weight excluding hydrogens is 298 g/mol. The third-order valence-electron chi connectivity index (χ3n) is 3.22. The number of thiophene rings is 1. The molecule has 0 fully saturated rings. The first-order valence-corrected chi connectivity index (χ1v) is 7.21. The smallest absolute Gasteiger partial charge is 0.259 e. The number of rotatable bonds is 3. The lowest BCUT2D eigenvalue weighted by atomic mass is 10.0. The van der Waals surface area contributed by atoms with Crippen molar-refractivity contribution in [2.45, 2.75) is 0 Å². The number of fused-ring (bicyclic) bond motifs is 1. The third kappa shape index (κ3) is 2.32. The van der Waals surface area contributed by atoms with E-state index in [1.54, 1.807) is 6.07 Å². The van der Waals surface area contributed by atoms with Crippen molar-refractivity contribution in [1.82, 2.24) is 10.2 Å². The highest BCUT2D eigenvalue weighted by Gasteiger charge is 2.11. The molecule has 7 heteroatoms. The summed E-state index contributed by atoms with van der Waals surface area (Å²) >= 11 is 1.42. The van der Waals surface area contributed by atoms with Gasteiger partial charge in [-0.2, -0.15) is 10.4 Å². The van der Waals surface area contributed by atoms with E-state index in [0.29, 0.717) is 5.82 Å². The first kappa shape index (κ1) is 13.9. The zero-order valence-corrected chi connectivity index (χ0v) is 12.1. The summed E-state index contributed by atoms with van der Waals surface area (Å²) in [4.78, 5) is 11.9. The second-order valence-corrected chi connectivity index (χ2v) is 5.55. The average Bonchev–Trinajstić information content (AvgIpc) is 3.12. The minimum absolute atomic E-state index is 0.0746. The van der Waals surface area contributed by atoms with Crippen LogP contribution in [0.1, 0.15) is 4.88 Å². The van der Waals surface area contributed by atoms with Gasteiger partial charge < -0.3 is 11.5 Å². The van der Waals surface area contributed by atoms with E-state index in [9.17, 15) is 4.79 Å². The molecule has 108 valence electrons. The second kappa shape index (κ2) is 5.35. The van der Waals surface area contributed by atoms with E-state index in [1.165, 1.54) is 17.4 Å². The maximum atomic E-state index is 11.1. The zero-order chi connectivity index (χ0) is 15.7.